The van der Waals surface area contributed by atoms with Crippen LogP contribution in [0, 0.1) is 0 Å². The molecule has 1 fully saturated rings. The Kier molecular flexibility index (Phi) is 4.01. The Labute approximate surface area is 139 Å². The fourth-order valence-electron chi connectivity index (χ4n) is 3.17. The zero-order chi connectivity index (χ0) is 17.4. The maximum absolute atomic E-state index is 12.4. The molecule has 7 heteroatoms. The Morgan fingerprint density at radius 1 is 1.25 bits per heavy atom. The molecule has 2 heterocycles. The van der Waals surface area contributed by atoms with E-state index in [-0.39, 0.29) is 11.8 Å². The van der Waals surface area contributed by atoms with Crippen LogP contribution in [0.4, 0.5) is 0 Å². The molecule has 2 aliphatic heterocycles. The smallest absolute Gasteiger partial charge is 0.337 e. The van der Waals surface area contributed by atoms with Crippen LogP contribution in [0.5, 0.6) is 5.75 Å². The minimum absolute atomic E-state index is 0.0405. The highest BCUT2D eigenvalue weighted by Gasteiger charge is 2.39. The molecule has 0 bridgehead atoms. The molecule has 1 aromatic carbocycles. The van der Waals surface area contributed by atoms with Crippen LogP contribution in [0.2, 0.25) is 0 Å². The number of nitrogens with one attached hydrogen (secondary N) is 1. The number of esters is 1. The highest BCUT2D eigenvalue weighted by atomic mass is 16.5. The van der Waals surface area contributed by atoms with Crippen LogP contribution < -0.4 is 10.1 Å². The first kappa shape index (κ1) is 16.0. The molecule has 0 aromatic heterocycles. The number of methoxy groups -OCH3 is 2. The van der Waals surface area contributed by atoms with Crippen molar-refractivity contribution in [3.8, 4) is 5.75 Å². The largest absolute Gasteiger partial charge is 0.497 e. The van der Waals surface area contributed by atoms with Crippen molar-refractivity contribution in [1.82, 2.24) is 10.2 Å². The standard InChI is InChI=1S/C17H18N2O5/c1-19-12(6-7-13(19)20)14(17(22)24-3)15-10-5-4-9(23-2)8-11(10)16(21)18-15/h4-5,8,12H,6-7H2,1-3H3,(H,18,21)/b15-14+. The van der Waals surface area contributed by atoms with Gasteiger partial charge in [-0.15, -0.1) is 0 Å². The van der Waals surface area contributed by atoms with Crippen molar-refractivity contribution in [1.29, 1.82) is 0 Å². The molecule has 7 nitrogen and oxygen atoms in total. The van der Waals surface area contributed by atoms with E-state index in [0.717, 1.165) is 0 Å². The topological polar surface area (TPSA) is 84.9 Å². The summed E-state index contributed by atoms with van der Waals surface area (Å²) in [6.45, 7) is 0. The third kappa shape index (κ3) is 2.42. The second-order valence-corrected chi connectivity index (χ2v) is 5.71. The van der Waals surface area contributed by atoms with Gasteiger partial charge in [-0.05, 0) is 24.6 Å². The summed E-state index contributed by atoms with van der Waals surface area (Å²) >= 11 is 0. The third-order valence-corrected chi connectivity index (χ3v) is 4.48. The normalized spacial score (nSPS) is 21.5. The lowest BCUT2D eigenvalue weighted by atomic mass is 9.98. The summed E-state index contributed by atoms with van der Waals surface area (Å²) in [5.74, 6) is -0.355. The van der Waals surface area contributed by atoms with Crippen LogP contribution in [0.25, 0.3) is 5.70 Å². The van der Waals surface area contributed by atoms with Gasteiger partial charge in [0.1, 0.15) is 5.75 Å². The second-order valence-electron chi connectivity index (χ2n) is 5.71. The average Bonchev–Trinajstić information content (AvgIpc) is 3.09. The number of rotatable bonds is 3. The number of fused-ring (bicyclic) bond motifs is 1. The molecule has 0 saturated carbocycles. The number of likely N-dealkylation sites (tertiary alicyclic amines) is 1. The van der Waals surface area contributed by atoms with Gasteiger partial charge in [0, 0.05) is 19.0 Å². The number of amides is 2. The van der Waals surface area contributed by atoms with Crippen molar-refractivity contribution in [2.75, 3.05) is 21.3 Å². The number of benzene rings is 1. The Morgan fingerprint density at radius 2 is 2.00 bits per heavy atom. The number of hydrogen-bond acceptors (Lipinski definition) is 5. The Hall–Kier alpha value is -2.83. The maximum Gasteiger partial charge on any atom is 0.337 e. The first-order chi connectivity index (χ1) is 11.5. The monoisotopic (exact) mass is 330 g/mol. The molecule has 1 atom stereocenters. The van der Waals surface area contributed by atoms with Gasteiger partial charge in [0.2, 0.25) is 5.91 Å². The van der Waals surface area contributed by atoms with Gasteiger partial charge in [0.05, 0.1) is 37.1 Å². The average molecular weight is 330 g/mol. The van der Waals surface area contributed by atoms with E-state index in [9.17, 15) is 14.4 Å². The van der Waals surface area contributed by atoms with E-state index < -0.39 is 12.0 Å². The van der Waals surface area contributed by atoms with E-state index in [4.69, 9.17) is 9.47 Å². The van der Waals surface area contributed by atoms with E-state index >= 15 is 0 Å². The molecule has 3 rings (SSSR count). The van der Waals surface area contributed by atoms with Crippen LogP contribution in [0.3, 0.4) is 0 Å². The second kappa shape index (κ2) is 5.99. The maximum atomic E-state index is 12.4. The Balaban J connectivity index is 2.16. The number of nitrogens with zero attached hydrogens (tertiary/aromatic N) is 1. The lowest BCUT2D eigenvalue weighted by Gasteiger charge is -2.23. The van der Waals surface area contributed by atoms with Crippen molar-refractivity contribution in [2.24, 2.45) is 0 Å². The lowest BCUT2D eigenvalue weighted by Crippen LogP contribution is -2.35. The van der Waals surface area contributed by atoms with Crippen LogP contribution in [-0.2, 0) is 14.3 Å². The van der Waals surface area contributed by atoms with E-state index in [1.165, 1.54) is 19.1 Å². The number of likely N-dealkylation sites (N-methyl/N-ethyl adjacent to an activating group) is 1. The summed E-state index contributed by atoms with van der Waals surface area (Å²) in [4.78, 5) is 38.0. The molecule has 0 aliphatic carbocycles. The number of hydrogen-bond donors (Lipinski definition) is 1. The van der Waals surface area contributed by atoms with Gasteiger partial charge in [-0.25, -0.2) is 4.79 Å². The molecule has 1 N–H and O–H groups in total. The van der Waals surface area contributed by atoms with E-state index in [0.29, 0.717) is 41.0 Å². The Bertz CT molecular complexity index is 768. The first-order valence-electron chi connectivity index (χ1n) is 7.55. The summed E-state index contributed by atoms with van der Waals surface area (Å²) in [6.07, 6.45) is 0.864. The fourth-order valence-corrected chi connectivity index (χ4v) is 3.17. The van der Waals surface area contributed by atoms with Gasteiger partial charge in [-0.2, -0.15) is 0 Å². The molecule has 2 aliphatic rings. The molecule has 24 heavy (non-hydrogen) atoms. The van der Waals surface area contributed by atoms with Crippen molar-refractivity contribution < 1.29 is 23.9 Å². The quantitative estimate of drug-likeness (QED) is 0.659. The predicted octanol–water partition coefficient (Wildman–Crippen LogP) is 0.944. The zero-order valence-electron chi connectivity index (χ0n) is 13.7. The number of carbonyl (C=O) groups excluding carboxylic acids is 3. The molecule has 0 radical (unpaired) electrons. The van der Waals surface area contributed by atoms with E-state index in [2.05, 4.69) is 5.32 Å². The van der Waals surface area contributed by atoms with Crippen molar-refractivity contribution in [2.45, 2.75) is 18.9 Å². The van der Waals surface area contributed by atoms with Gasteiger partial charge < -0.3 is 19.7 Å². The zero-order valence-corrected chi connectivity index (χ0v) is 13.7. The van der Waals surface area contributed by atoms with Gasteiger partial charge in [0.25, 0.3) is 5.91 Å². The summed E-state index contributed by atoms with van der Waals surface area (Å²) in [5.41, 5.74) is 1.73. The molecular weight excluding hydrogens is 312 g/mol. The molecule has 126 valence electrons. The number of carbonyl (C=O) groups is 3. The molecule has 0 spiro atoms. The molecule has 1 aromatic rings. The fraction of sp³-hybridized carbons (Fsp3) is 0.353. The highest BCUT2D eigenvalue weighted by molar-refractivity contribution is 6.14. The Morgan fingerprint density at radius 3 is 2.58 bits per heavy atom. The van der Waals surface area contributed by atoms with Crippen molar-refractivity contribution in [3.05, 3.63) is 34.9 Å². The van der Waals surface area contributed by atoms with Crippen LogP contribution in [-0.4, -0.2) is 50.0 Å². The molecule has 2 amide bonds. The first-order valence-corrected chi connectivity index (χ1v) is 7.55. The summed E-state index contributed by atoms with van der Waals surface area (Å²) in [6, 6.07) is 4.64. The SMILES string of the molecule is COC(=O)/C(=C1/NC(=O)c2cc(OC)ccc21)C1CCC(=O)N1C. The molecule has 1 saturated heterocycles. The van der Waals surface area contributed by atoms with Gasteiger partial charge in [0.15, 0.2) is 0 Å². The van der Waals surface area contributed by atoms with Crippen LogP contribution in [0.1, 0.15) is 28.8 Å². The minimum Gasteiger partial charge on any atom is -0.497 e. The number of ether oxygens (including phenoxy) is 2. The van der Waals surface area contributed by atoms with Crippen LogP contribution in [0.15, 0.2) is 23.8 Å². The summed E-state index contributed by atoms with van der Waals surface area (Å²) < 4.78 is 10.0. The lowest BCUT2D eigenvalue weighted by molar-refractivity contribution is -0.136. The predicted molar refractivity (Wildman–Crippen MR) is 85.2 cm³/mol. The van der Waals surface area contributed by atoms with Crippen molar-refractivity contribution in [3.63, 3.8) is 0 Å². The highest BCUT2D eigenvalue weighted by Crippen LogP contribution is 2.34. The summed E-state index contributed by atoms with van der Waals surface area (Å²) in [5, 5.41) is 2.74. The third-order valence-electron chi connectivity index (χ3n) is 4.48. The summed E-state index contributed by atoms with van der Waals surface area (Å²) in [7, 11) is 4.45. The minimum atomic E-state index is -0.555. The molecular formula is C17H18N2O5. The van der Waals surface area contributed by atoms with E-state index in [1.807, 2.05) is 0 Å². The van der Waals surface area contributed by atoms with Crippen LogP contribution >= 0.6 is 0 Å². The molecule has 1 unspecified atom stereocenters. The van der Waals surface area contributed by atoms with Crippen molar-refractivity contribution >= 4 is 23.5 Å². The van der Waals surface area contributed by atoms with Gasteiger partial charge in [-0.1, -0.05) is 0 Å². The van der Waals surface area contributed by atoms with Gasteiger partial charge in [-0.3, -0.25) is 9.59 Å². The van der Waals surface area contributed by atoms with E-state index in [1.54, 1.807) is 25.2 Å². The van der Waals surface area contributed by atoms with Gasteiger partial charge >= 0.3 is 5.97 Å².